The number of pyridine rings is 1. The molecule has 0 saturated heterocycles. The first-order valence-corrected chi connectivity index (χ1v) is 6.31. The van der Waals surface area contributed by atoms with E-state index in [9.17, 15) is 10.1 Å². The fraction of sp³-hybridized carbons (Fsp3) is 0.538. The number of nitro groups is 1. The summed E-state index contributed by atoms with van der Waals surface area (Å²) in [6, 6.07) is 3.29. The van der Waals surface area contributed by atoms with Gasteiger partial charge in [0.15, 0.2) is 0 Å². The zero-order chi connectivity index (χ0) is 15.3. The number of hydrogen-bond acceptors (Lipinski definition) is 6. The largest absolute Gasteiger partial charge is 0.365 e. The van der Waals surface area contributed by atoms with Crippen molar-refractivity contribution in [3.63, 3.8) is 0 Å². The molecule has 1 atom stereocenters. The predicted octanol–water partition coefficient (Wildman–Crippen LogP) is 1.86. The van der Waals surface area contributed by atoms with E-state index >= 15 is 0 Å². The maximum atomic E-state index is 10.7. The van der Waals surface area contributed by atoms with E-state index in [1.165, 1.54) is 6.07 Å². The number of hydrogen-bond donors (Lipinski definition) is 1. The fourth-order valence-corrected chi connectivity index (χ4v) is 1.75. The number of nitriles is 1. The van der Waals surface area contributed by atoms with Gasteiger partial charge in [-0.1, -0.05) is 13.8 Å². The van der Waals surface area contributed by atoms with Crippen LogP contribution in [0.4, 0.5) is 11.5 Å². The Labute approximate surface area is 118 Å². The number of likely N-dealkylation sites (N-methyl/N-ethyl adjacent to an activating group) is 1. The quantitative estimate of drug-likeness (QED) is 0.630. The highest BCUT2D eigenvalue weighted by Gasteiger charge is 2.18. The standard InChI is InChI=1S/C13H19N5O2/c1-9(2)12(8-17(3)4)16-13-10(6-14)5-11(7-15-13)18(19)20/h5,7,9,12H,8H2,1-4H3,(H,15,16). The van der Waals surface area contributed by atoms with E-state index in [0.29, 0.717) is 11.7 Å². The van der Waals surface area contributed by atoms with Crippen LogP contribution in [0, 0.1) is 27.4 Å². The van der Waals surface area contributed by atoms with Crippen molar-refractivity contribution in [2.75, 3.05) is 26.0 Å². The van der Waals surface area contributed by atoms with Gasteiger partial charge in [-0.25, -0.2) is 4.98 Å². The Balaban J connectivity index is 3.01. The van der Waals surface area contributed by atoms with Gasteiger partial charge in [0.2, 0.25) is 0 Å². The lowest BCUT2D eigenvalue weighted by Gasteiger charge is -2.26. The lowest BCUT2D eigenvalue weighted by molar-refractivity contribution is -0.385. The SMILES string of the molecule is CC(C)C(CN(C)C)Nc1ncc([N+](=O)[O-])cc1C#N. The predicted molar refractivity (Wildman–Crippen MR) is 76.4 cm³/mol. The summed E-state index contributed by atoms with van der Waals surface area (Å²) in [5.74, 6) is 0.722. The average Bonchev–Trinajstić information content (AvgIpc) is 2.37. The zero-order valence-corrected chi connectivity index (χ0v) is 12.1. The van der Waals surface area contributed by atoms with Crippen LogP contribution in [0.15, 0.2) is 12.3 Å². The van der Waals surface area contributed by atoms with E-state index in [4.69, 9.17) is 5.26 Å². The van der Waals surface area contributed by atoms with Crippen LogP contribution < -0.4 is 5.32 Å². The molecule has 20 heavy (non-hydrogen) atoms. The smallest absolute Gasteiger partial charge is 0.289 e. The summed E-state index contributed by atoms with van der Waals surface area (Å²) >= 11 is 0. The summed E-state index contributed by atoms with van der Waals surface area (Å²) < 4.78 is 0. The lowest BCUT2D eigenvalue weighted by atomic mass is 10.0. The first-order valence-electron chi connectivity index (χ1n) is 6.31. The highest BCUT2D eigenvalue weighted by molar-refractivity contribution is 5.56. The maximum Gasteiger partial charge on any atom is 0.289 e. The summed E-state index contributed by atoms with van der Waals surface area (Å²) in [4.78, 5) is 16.2. The van der Waals surface area contributed by atoms with E-state index in [1.807, 2.05) is 25.1 Å². The van der Waals surface area contributed by atoms with Gasteiger partial charge in [0.25, 0.3) is 5.69 Å². The van der Waals surface area contributed by atoms with Gasteiger partial charge in [-0.2, -0.15) is 5.26 Å². The minimum absolute atomic E-state index is 0.103. The molecule has 1 heterocycles. The molecule has 1 aromatic rings. The Morgan fingerprint density at radius 1 is 1.55 bits per heavy atom. The monoisotopic (exact) mass is 277 g/mol. The Kier molecular flexibility index (Phi) is 5.41. The molecule has 0 radical (unpaired) electrons. The molecule has 7 heteroatoms. The molecular weight excluding hydrogens is 258 g/mol. The minimum atomic E-state index is -0.558. The Morgan fingerprint density at radius 3 is 2.65 bits per heavy atom. The summed E-state index contributed by atoms with van der Waals surface area (Å²) in [6.45, 7) is 4.92. The Hall–Kier alpha value is -2.20. The molecule has 1 rings (SSSR count). The number of rotatable bonds is 6. The molecule has 0 aromatic carbocycles. The van der Waals surface area contributed by atoms with Crippen molar-refractivity contribution < 1.29 is 4.92 Å². The molecule has 0 saturated carbocycles. The second-order valence-electron chi connectivity index (χ2n) is 5.22. The first-order chi connectivity index (χ1) is 9.35. The summed E-state index contributed by atoms with van der Waals surface area (Å²) in [5, 5.41) is 23.0. The molecule has 0 fully saturated rings. The molecule has 0 spiro atoms. The maximum absolute atomic E-state index is 10.7. The second kappa shape index (κ2) is 6.82. The van der Waals surface area contributed by atoms with Gasteiger partial charge in [-0.3, -0.25) is 10.1 Å². The van der Waals surface area contributed by atoms with E-state index < -0.39 is 4.92 Å². The molecule has 0 amide bonds. The van der Waals surface area contributed by atoms with Crippen LogP contribution >= 0.6 is 0 Å². The van der Waals surface area contributed by atoms with Crippen LogP contribution in [-0.2, 0) is 0 Å². The fourth-order valence-electron chi connectivity index (χ4n) is 1.75. The topological polar surface area (TPSA) is 95.1 Å². The van der Waals surface area contributed by atoms with Crippen molar-refractivity contribution in [3.8, 4) is 6.07 Å². The Morgan fingerprint density at radius 2 is 2.20 bits per heavy atom. The van der Waals surface area contributed by atoms with E-state index in [0.717, 1.165) is 12.7 Å². The van der Waals surface area contributed by atoms with Crippen LogP contribution in [0.3, 0.4) is 0 Å². The van der Waals surface area contributed by atoms with Crippen molar-refractivity contribution in [1.29, 1.82) is 5.26 Å². The number of nitrogens with zero attached hydrogens (tertiary/aromatic N) is 4. The van der Waals surface area contributed by atoms with Crippen LogP contribution in [0.2, 0.25) is 0 Å². The summed E-state index contributed by atoms with van der Waals surface area (Å²) in [7, 11) is 3.93. The van der Waals surface area contributed by atoms with Gasteiger partial charge in [-0.15, -0.1) is 0 Å². The molecule has 7 nitrogen and oxygen atoms in total. The third-order valence-electron chi connectivity index (χ3n) is 2.89. The van der Waals surface area contributed by atoms with Gasteiger partial charge in [0.05, 0.1) is 4.92 Å². The molecule has 0 aliphatic heterocycles. The normalized spacial score (nSPS) is 12.2. The van der Waals surface area contributed by atoms with Gasteiger partial charge in [-0.05, 0) is 20.0 Å². The van der Waals surface area contributed by atoms with Crippen molar-refractivity contribution in [2.45, 2.75) is 19.9 Å². The zero-order valence-electron chi connectivity index (χ0n) is 12.1. The molecular formula is C13H19N5O2. The van der Waals surface area contributed by atoms with Crippen molar-refractivity contribution in [3.05, 3.63) is 27.9 Å². The summed E-state index contributed by atoms with van der Waals surface area (Å²) in [6.07, 6.45) is 1.16. The van der Waals surface area contributed by atoms with Crippen LogP contribution in [0.5, 0.6) is 0 Å². The van der Waals surface area contributed by atoms with E-state index in [-0.39, 0.29) is 17.3 Å². The van der Waals surface area contributed by atoms with Gasteiger partial charge < -0.3 is 10.2 Å². The first kappa shape index (κ1) is 15.9. The molecule has 0 aliphatic rings. The number of nitrogens with one attached hydrogen (secondary N) is 1. The molecule has 1 unspecified atom stereocenters. The highest BCUT2D eigenvalue weighted by atomic mass is 16.6. The Bertz CT molecular complexity index is 522. The van der Waals surface area contributed by atoms with Crippen molar-refractivity contribution in [1.82, 2.24) is 9.88 Å². The van der Waals surface area contributed by atoms with E-state index in [2.05, 4.69) is 24.1 Å². The lowest BCUT2D eigenvalue weighted by Crippen LogP contribution is -2.36. The molecule has 1 aromatic heterocycles. The summed E-state index contributed by atoms with van der Waals surface area (Å²) in [5.41, 5.74) is 0.00409. The van der Waals surface area contributed by atoms with Gasteiger partial charge >= 0.3 is 0 Å². The third-order valence-corrected chi connectivity index (χ3v) is 2.89. The van der Waals surface area contributed by atoms with Crippen LogP contribution in [-0.4, -0.2) is 41.5 Å². The van der Waals surface area contributed by atoms with Crippen molar-refractivity contribution in [2.24, 2.45) is 5.92 Å². The minimum Gasteiger partial charge on any atom is -0.365 e. The van der Waals surface area contributed by atoms with Crippen LogP contribution in [0.25, 0.3) is 0 Å². The van der Waals surface area contributed by atoms with Crippen molar-refractivity contribution >= 4 is 11.5 Å². The molecule has 0 aliphatic carbocycles. The second-order valence-corrected chi connectivity index (χ2v) is 5.22. The average molecular weight is 277 g/mol. The molecule has 108 valence electrons. The molecule has 1 N–H and O–H groups in total. The van der Waals surface area contributed by atoms with Gasteiger partial charge in [0.1, 0.15) is 23.6 Å². The molecule has 0 bridgehead atoms. The van der Waals surface area contributed by atoms with Crippen LogP contribution in [0.1, 0.15) is 19.4 Å². The van der Waals surface area contributed by atoms with E-state index in [1.54, 1.807) is 0 Å². The number of aromatic nitrogens is 1. The van der Waals surface area contributed by atoms with Gasteiger partial charge in [0, 0.05) is 18.7 Å². The number of anilines is 1. The third kappa shape index (κ3) is 4.17. The highest BCUT2D eigenvalue weighted by Crippen LogP contribution is 2.20.